The van der Waals surface area contributed by atoms with E-state index < -0.39 is 0 Å². The van der Waals surface area contributed by atoms with E-state index in [2.05, 4.69) is 0 Å². The maximum absolute atomic E-state index is 11.2. The summed E-state index contributed by atoms with van der Waals surface area (Å²) in [6, 6.07) is 9.15. The van der Waals surface area contributed by atoms with E-state index in [9.17, 15) is 4.79 Å². The number of rotatable bonds is 5. The van der Waals surface area contributed by atoms with Crippen LogP contribution in [0.25, 0.3) is 11.0 Å². The van der Waals surface area contributed by atoms with Gasteiger partial charge in [0, 0.05) is 0 Å². The van der Waals surface area contributed by atoms with Crippen molar-refractivity contribution in [2.45, 2.75) is 13.3 Å². The zero-order valence-electron chi connectivity index (χ0n) is 10.5. The number of esters is 1. The zero-order chi connectivity index (χ0) is 13.7. The summed E-state index contributed by atoms with van der Waals surface area (Å²) in [5, 5.41) is 9.72. The van der Waals surface area contributed by atoms with Crippen molar-refractivity contribution in [2.24, 2.45) is 0 Å². The molecule has 0 fully saturated rings. The molecule has 0 N–H and O–H groups in total. The van der Waals surface area contributed by atoms with Crippen LogP contribution in [0.5, 0.6) is 5.75 Å². The summed E-state index contributed by atoms with van der Waals surface area (Å²) in [6.07, 6.45) is 0.137. The molecule has 0 aliphatic heterocycles. The Morgan fingerprint density at radius 2 is 2.21 bits per heavy atom. The van der Waals surface area contributed by atoms with E-state index in [4.69, 9.17) is 19.2 Å². The van der Waals surface area contributed by atoms with Crippen molar-refractivity contribution in [1.29, 1.82) is 5.26 Å². The molecule has 2 rings (SSSR count). The minimum Gasteiger partial charge on any atom is -0.488 e. The second-order valence-electron chi connectivity index (χ2n) is 3.77. The molecule has 0 aliphatic carbocycles. The molecular weight excluding hydrogens is 246 g/mol. The fourth-order valence-electron chi connectivity index (χ4n) is 1.71. The van der Waals surface area contributed by atoms with Crippen LogP contribution in [0.15, 0.2) is 28.7 Å². The van der Waals surface area contributed by atoms with Gasteiger partial charge in [0.25, 0.3) is 0 Å². The molecule has 5 heteroatoms. The van der Waals surface area contributed by atoms with Crippen LogP contribution in [-0.4, -0.2) is 19.2 Å². The molecule has 0 saturated carbocycles. The second kappa shape index (κ2) is 5.91. The lowest BCUT2D eigenvalue weighted by atomic mass is 10.2. The number of nitriles is 1. The molecule has 0 saturated heterocycles. The number of carbonyl (C=O) groups excluding carboxylic acids is 1. The fourth-order valence-corrected chi connectivity index (χ4v) is 1.71. The van der Waals surface area contributed by atoms with Crippen LogP contribution in [0.2, 0.25) is 0 Å². The summed E-state index contributed by atoms with van der Waals surface area (Å²) in [5.41, 5.74) is 0.588. The summed E-state index contributed by atoms with van der Waals surface area (Å²) in [6.45, 7) is 2.24. The normalized spacial score (nSPS) is 10.1. The Labute approximate surface area is 110 Å². The lowest BCUT2D eigenvalue weighted by molar-refractivity contribution is -0.143. The molecule has 98 valence electrons. The Balaban J connectivity index is 2.11. The molecule has 1 aromatic heterocycles. The van der Waals surface area contributed by atoms with Crippen LogP contribution >= 0.6 is 0 Å². The minimum absolute atomic E-state index is 0.116. The molecule has 2 aromatic rings. The highest BCUT2D eigenvalue weighted by Gasteiger charge is 2.15. The fraction of sp³-hybridized carbons (Fsp3) is 0.286. The lowest BCUT2D eigenvalue weighted by Crippen LogP contribution is -2.09. The first-order valence-corrected chi connectivity index (χ1v) is 5.96. The van der Waals surface area contributed by atoms with Gasteiger partial charge in [0.05, 0.1) is 25.0 Å². The second-order valence-corrected chi connectivity index (χ2v) is 3.77. The van der Waals surface area contributed by atoms with Gasteiger partial charge in [0.15, 0.2) is 5.75 Å². The number of ether oxygens (including phenoxy) is 2. The number of furan rings is 1. The number of hydrogen-bond acceptors (Lipinski definition) is 5. The van der Waals surface area contributed by atoms with Crippen LogP contribution in [-0.2, 0) is 9.53 Å². The van der Waals surface area contributed by atoms with Crippen molar-refractivity contribution < 1.29 is 18.7 Å². The van der Waals surface area contributed by atoms with Crippen LogP contribution in [0, 0.1) is 11.3 Å². The number of para-hydroxylation sites is 1. The molecule has 0 amide bonds. The predicted octanol–water partition coefficient (Wildman–Crippen LogP) is 2.64. The SMILES string of the molecule is CCOC(=O)CCOc1c(C#N)oc2ccccc12. The number of fused-ring (bicyclic) bond motifs is 1. The first kappa shape index (κ1) is 13.0. The molecule has 0 spiro atoms. The van der Waals surface area contributed by atoms with Gasteiger partial charge in [-0.3, -0.25) is 4.79 Å². The summed E-state index contributed by atoms with van der Waals surface area (Å²) in [5.74, 6) is 0.168. The molecule has 0 bridgehead atoms. The lowest BCUT2D eigenvalue weighted by Gasteiger charge is -2.04. The average molecular weight is 259 g/mol. The predicted molar refractivity (Wildman–Crippen MR) is 67.7 cm³/mol. The van der Waals surface area contributed by atoms with Crippen molar-refractivity contribution in [3.63, 3.8) is 0 Å². The van der Waals surface area contributed by atoms with Gasteiger partial charge in [-0.25, -0.2) is 0 Å². The van der Waals surface area contributed by atoms with Gasteiger partial charge < -0.3 is 13.9 Å². The van der Waals surface area contributed by atoms with E-state index in [1.165, 1.54) is 0 Å². The number of carbonyl (C=O) groups is 1. The van der Waals surface area contributed by atoms with Gasteiger partial charge in [0.2, 0.25) is 5.76 Å². The molecule has 0 aliphatic rings. The molecule has 1 aromatic carbocycles. The van der Waals surface area contributed by atoms with Gasteiger partial charge in [0.1, 0.15) is 11.7 Å². The summed E-state index contributed by atoms with van der Waals surface area (Å²) in [4.78, 5) is 11.2. The molecule has 5 nitrogen and oxygen atoms in total. The molecule has 19 heavy (non-hydrogen) atoms. The topological polar surface area (TPSA) is 72.5 Å². The van der Waals surface area contributed by atoms with Gasteiger partial charge in [-0.1, -0.05) is 12.1 Å². The number of benzene rings is 1. The van der Waals surface area contributed by atoms with Crippen molar-refractivity contribution in [3.05, 3.63) is 30.0 Å². The Morgan fingerprint density at radius 3 is 2.95 bits per heavy atom. The highest BCUT2D eigenvalue weighted by atomic mass is 16.5. The molecule has 0 radical (unpaired) electrons. The third kappa shape index (κ3) is 2.86. The zero-order valence-corrected chi connectivity index (χ0v) is 10.5. The summed E-state index contributed by atoms with van der Waals surface area (Å²) in [7, 11) is 0. The van der Waals surface area contributed by atoms with Crippen molar-refractivity contribution in [1.82, 2.24) is 0 Å². The Morgan fingerprint density at radius 1 is 1.42 bits per heavy atom. The monoisotopic (exact) mass is 259 g/mol. The Bertz CT molecular complexity index is 624. The third-order valence-corrected chi connectivity index (χ3v) is 2.51. The van der Waals surface area contributed by atoms with Crippen molar-refractivity contribution in [2.75, 3.05) is 13.2 Å². The van der Waals surface area contributed by atoms with Crippen molar-refractivity contribution >= 4 is 16.9 Å². The maximum Gasteiger partial charge on any atom is 0.309 e. The molecular formula is C14H13NO4. The average Bonchev–Trinajstić information content (AvgIpc) is 2.77. The quantitative estimate of drug-likeness (QED) is 0.772. The van der Waals surface area contributed by atoms with Crippen LogP contribution in [0.3, 0.4) is 0 Å². The van der Waals surface area contributed by atoms with E-state index in [1.807, 2.05) is 18.2 Å². The minimum atomic E-state index is -0.325. The molecule has 0 atom stereocenters. The van der Waals surface area contributed by atoms with E-state index in [-0.39, 0.29) is 24.8 Å². The largest absolute Gasteiger partial charge is 0.488 e. The van der Waals surface area contributed by atoms with E-state index in [1.54, 1.807) is 19.1 Å². The highest BCUT2D eigenvalue weighted by molar-refractivity contribution is 5.86. The smallest absolute Gasteiger partial charge is 0.309 e. The number of hydrogen-bond donors (Lipinski definition) is 0. The van der Waals surface area contributed by atoms with Crippen LogP contribution in [0.4, 0.5) is 0 Å². The van der Waals surface area contributed by atoms with Gasteiger partial charge >= 0.3 is 5.97 Å². The van der Waals surface area contributed by atoms with Crippen LogP contribution in [0.1, 0.15) is 19.1 Å². The first-order valence-electron chi connectivity index (χ1n) is 5.96. The first-order chi connectivity index (χ1) is 9.26. The maximum atomic E-state index is 11.2. The van der Waals surface area contributed by atoms with E-state index in [0.29, 0.717) is 17.9 Å². The highest BCUT2D eigenvalue weighted by Crippen LogP contribution is 2.32. The molecule has 0 unspecified atom stereocenters. The third-order valence-electron chi connectivity index (χ3n) is 2.51. The Kier molecular flexibility index (Phi) is 4.04. The van der Waals surface area contributed by atoms with Gasteiger partial charge in [-0.05, 0) is 19.1 Å². The van der Waals surface area contributed by atoms with Gasteiger partial charge in [-0.2, -0.15) is 5.26 Å². The van der Waals surface area contributed by atoms with E-state index in [0.717, 1.165) is 5.39 Å². The van der Waals surface area contributed by atoms with Gasteiger partial charge in [-0.15, -0.1) is 0 Å². The van der Waals surface area contributed by atoms with Crippen molar-refractivity contribution in [3.8, 4) is 11.8 Å². The number of nitrogens with zero attached hydrogens (tertiary/aromatic N) is 1. The summed E-state index contributed by atoms with van der Waals surface area (Å²) < 4.78 is 15.6. The van der Waals surface area contributed by atoms with E-state index >= 15 is 0 Å². The Hall–Kier alpha value is -2.48. The molecule has 1 heterocycles. The standard InChI is InChI=1S/C14H13NO4/c1-2-17-13(16)7-8-18-14-10-5-3-4-6-11(10)19-12(14)9-15/h3-6H,2,7-8H2,1H3. The summed E-state index contributed by atoms with van der Waals surface area (Å²) >= 11 is 0. The van der Waals surface area contributed by atoms with Crippen LogP contribution < -0.4 is 4.74 Å².